The van der Waals surface area contributed by atoms with E-state index >= 15 is 0 Å². The Bertz CT molecular complexity index is 522. The molecule has 21 heavy (non-hydrogen) atoms. The number of nitrogens with zero attached hydrogens (tertiary/aromatic N) is 1. The van der Waals surface area contributed by atoms with Crippen molar-refractivity contribution in [2.75, 3.05) is 32.9 Å². The molecule has 1 aromatic rings. The first kappa shape index (κ1) is 14.9. The highest BCUT2D eigenvalue weighted by Crippen LogP contribution is 2.39. The van der Waals surface area contributed by atoms with Crippen LogP contribution in [0.5, 0.6) is 11.5 Å². The molecular formula is C16H22ClNO3. The zero-order valence-electron chi connectivity index (χ0n) is 12.4. The maximum absolute atomic E-state index is 9.55. The van der Waals surface area contributed by atoms with Gasteiger partial charge in [0.2, 0.25) is 0 Å². The summed E-state index contributed by atoms with van der Waals surface area (Å²) in [6.07, 6.45) is 2.21. The van der Waals surface area contributed by atoms with Crippen LogP contribution in [-0.2, 0) is 6.54 Å². The predicted octanol–water partition coefficient (Wildman–Crippen LogP) is 2.71. The number of fused-ring (bicyclic) bond motifs is 1. The summed E-state index contributed by atoms with van der Waals surface area (Å²) in [6, 6.07) is 3.98. The van der Waals surface area contributed by atoms with E-state index in [2.05, 4.69) is 11.8 Å². The lowest BCUT2D eigenvalue weighted by Gasteiger charge is -2.39. The first-order chi connectivity index (χ1) is 10.1. The van der Waals surface area contributed by atoms with Crippen LogP contribution in [0.3, 0.4) is 0 Å². The van der Waals surface area contributed by atoms with Gasteiger partial charge in [0, 0.05) is 25.1 Å². The van der Waals surface area contributed by atoms with E-state index in [9.17, 15) is 5.11 Å². The normalized spacial score (nSPS) is 25.9. The van der Waals surface area contributed by atoms with E-state index < -0.39 is 0 Å². The Balaban J connectivity index is 1.74. The predicted molar refractivity (Wildman–Crippen MR) is 82.1 cm³/mol. The minimum atomic E-state index is 0.00979. The lowest BCUT2D eigenvalue weighted by molar-refractivity contribution is 0.0428. The number of halogens is 1. The molecule has 2 aliphatic heterocycles. The Labute approximate surface area is 130 Å². The summed E-state index contributed by atoms with van der Waals surface area (Å²) in [5, 5.41) is 10.2. The van der Waals surface area contributed by atoms with Gasteiger partial charge in [0.25, 0.3) is 0 Å². The molecule has 1 unspecified atom stereocenters. The van der Waals surface area contributed by atoms with Gasteiger partial charge in [-0.3, -0.25) is 4.90 Å². The highest BCUT2D eigenvalue weighted by atomic mass is 35.5. The van der Waals surface area contributed by atoms with Gasteiger partial charge in [0.1, 0.15) is 13.2 Å². The van der Waals surface area contributed by atoms with Crippen LogP contribution in [-0.4, -0.2) is 42.9 Å². The summed E-state index contributed by atoms with van der Waals surface area (Å²) in [4.78, 5) is 2.38. The van der Waals surface area contributed by atoms with Gasteiger partial charge in [-0.2, -0.15) is 0 Å². The molecule has 0 bridgehead atoms. The molecule has 0 aliphatic carbocycles. The van der Waals surface area contributed by atoms with Gasteiger partial charge >= 0.3 is 0 Å². The molecule has 0 radical (unpaired) electrons. The topological polar surface area (TPSA) is 41.9 Å². The van der Waals surface area contributed by atoms with Crippen molar-refractivity contribution in [3.63, 3.8) is 0 Å². The smallest absolute Gasteiger partial charge is 0.179 e. The number of benzene rings is 1. The van der Waals surface area contributed by atoms with Crippen molar-refractivity contribution in [2.24, 2.45) is 5.41 Å². The van der Waals surface area contributed by atoms with Crippen LogP contribution in [0.2, 0.25) is 5.02 Å². The minimum Gasteiger partial charge on any atom is -0.486 e. The fourth-order valence-electron chi connectivity index (χ4n) is 3.21. The average molecular weight is 312 g/mol. The number of hydrogen-bond donors (Lipinski definition) is 1. The Morgan fingerprint density at radius 2 is 2.14 bits per heavy atom. The Morgan fingerprint density at radius 1 is 1.33 bits per heavy atom. The first-order valence-corrected chi connectivity index (χ1v) is 7.89. The van der Waals surface area contributed by atoms with Crippen LogP contribution in [0.15, 0.2) is 12.1 Å². The van der Waals surface area contributed by atoms with Crippen LogP contribution >= 0.6 is 11.6 Å². The molecule has 2 heterocycles. The summed E-state index contributed by atoms with van der Waals surface area (Å²) < 4.78 is 11.2. The van der Waals surface area contributed by atoms with Crippen molar-refractivity contribution in [1.82, 2.24) is 4.90 Å². The van der Waals surface area contributed by atoms with Crippen LogP contribution in [0.25, 0.3) is 0 Å². The van der Waals surface area contributed by atoms with E-state index in [4.69, 9.17) is 21.1 Å². The Hall–Kier alpha value is -0.970. The number of rotatable bonds is 3. The van der Waals surface area contributed by atoms with Crippen molar-refractivity contribution >= 4 is 11.6 Å². The van der Waals surface area contributed by atoms with E-state index in [-0.39, 0.29) is 12.0 Å². The molecule has 0 amide bonds. The summed E-state index contributed by atoms with van der Waals surface area (Å²) in [6.45, 7) is 6.30. The molecule has 4 nitrogen and oxygen atoms in total. The van der Waals surface area contributed by atoms with Gasteiger partial charge in [0.15, 0.2) is 11.5 Å². The molecule has 1 aromatic carbocycles. The third-order valence-corrected chi connectivity index (χ3v) is 4.59. The van der Waals surface area contributed by atoms with E-state index in [1.54, 1.807) is 0 Å². The number of likely N-dealkylation sites (tertiary alicyclic amines) is 1. The molecule has 116 valence electrons. The summed E-state index contributed by atoms with van der Waals surface area (Å²) in [5.41, 5.74) is 1.14. The Kier molecular flexibility index (Phi) is 4.29. The van der Waals surface area contributed by atoms with Gasteiger partial charge in [-0.15, -0.1) is 0 Å². The van der Waals surface area contributed by atoms with Crippen LogP contribution in [0.1, 0.15) is 25.3 Å². The zero-order chi connectivity index (χ0) is 14.9. The second-order valence-corrected chi connectivity index (χ2v) is 6.79. The molecule has 2 aliphatic rings. The van der Waals surface area contributed by atoms with Crippen molar-refractivity contribution < 1.29 is 14.6 Å². The summed E-state index contributed by atoms with van der Waals surface area (Å²) >= 11 is 6.28. The standard InChI is InChI=1S/C16H22ClNO3/c1-16(11-19)3-2-4-18(10-16)9-12-7-13(17)15-14(8-12)20-5-6-21-15/h7-8,19H,2-6,9-11H2,1H3. The lowest BCUT2D eigenvalue weighted by Crippen LogP contribution is -2.43. The van der Waals surface area contributed by atoms with Crippen LogP contribution in [0.4, 0.5) is 0 Å². The van der Waals surface area contributed by atoms with Gasteiger partial charge in [-0.25, -0.2) is 0 Å². The molecule has 0 spiro atoms. The van der Waals surface area contributed by atoms with E-state index in [0.29, 0.717) is 24.0 Å². The fraction of sp³-hybridized carbons (Fsp3) is 0.625. The summed E-state index contributed by atoms with van der Waals surface area (Å²) in [7, 11) is 0. The fourth-order valence-corrected chi connectivity index (χ4v) is 3.49. The SMILES string of the molecule is CC1(CO)CCCN(Cc2cc(Cl)c3c(c2)OCCO3)C1. The number of aliphatic hydroxyl groups is 1. The molecule has 1 N–H and O–H groups in total. The minimum absolute atomic E-state index is 0.00979. The second kappa shape index (κ2) is 6.03. The largest absolute Gasteiger partial charge is 0.486 e. The van der Waals surface area contributed by atoms with Crippen molar-refractivity contribution in [3.05, 3.63) is 22.7 Å². The van der Waals surface area contributed by atoms with E-state index in [1.807, 2.05) is 12.1 Å². The molecule has 5 heteroatoms. The highest BCUT2D eigenvalue weighted by Gasteiger charge is 2.30. The third-order valence-electron chi connectivity index (χ3n) is 4.30. The third kappa shape index (κ3) is 3.28. The van der Waals surface area contributed by atoms with Crippen LogP contribution in [0, 0.1) is 5.41 Å². The second-order valence-electron chi connectivity index (χ2n) is 6.38. The molecule has 0 saturated carbocycles. The molecule has 1 atom stereocenters. The molecule has 1 saturated heterocycles. The van der Waals surface area contributed by atoms with Crippen molar-refractivity contribution in [1.29, 1.82) is 0 Å². The number of hydrogen-bond acceptors (Lipinski definition) is 4. The molecule has 0 aromatic heterocycles. The number of ether oxygens (including phenoxy) is 2. The van der Waals surface area contributed by atoms with Crippen LogP contribution < -0.4 is 9.47 Å². The van der Waals surface area contributed by atoms with E-state index in [0.717, 1.165) is 43.8 Å². The van der Waals surface area contributed by atoms with Gasteiger partial charge < -0.3 is 14.6 Å². The zero-order valence-corrected chi connectivity index (χ0v) is 13.2. The Morgan fingerprint density at radius 3 is 2.95 bits per heavy atom. The van der Waals surface area contributed by atoms with Gasteiger partial charge in [0.05, 0.1) is 5.02 Å². The van der Waals surface area contributed by atoms with E-state index in [1.165, 1.54) is 0 Å². The highest BCUT2D eigenvalue weighted by molar-refractivity contribution is 6.32. The van der Waals surface area contributed by atoms with Gasteiger partial charge in [-0.05, 0) is 37.1 Å². The number of piperidine rings is 1. The molecule has 3 rings (SSSR count). The maximum atomic E-state index is 9.55. The maximum Gasteiger partial charge on any atom is 0.179 e. The van der Waals surface area contributed by atoms with Crippen molar-refractivity contribution in [3.8, 4) is 11.5 Å². The number of aliphatic hydroxyl groups excluding tert-OH is 1. The molecular weight excluding hydrogens is 290 g/mol. The monoisotopic (exact) mass is 311 g/mol. The quantitative estimate of drug-likeness (QED) is 0.932. The average Bonchev–Trinajstić information content (AvgIpc) is 2.47. The summed E-state index contributed by atoms with van der Waals surface area (Å²) in [5.74, 6) is 1.40. The van der Waals surface area contributed by atoms with Crippen molar-refractivity contribution in [2.45, 2.75) is 26.3 Å². The lowest BCUT2D eigenvalue weighted by atomic mass is 9.82. The van der Waals surface area contributed by atoms with Gasteiger partial charge in [-0.1, -0.05) is 18.5 Å². The first-order valence-electron chi connectivity index (χ1n) is 7.51. The molecule has 1 fully saturated rings.